The summed E-state index contributed by atoms with van der Waals surface area (Å²) in [6, 6.07) is 7.49. The van der Waals surface area contributed by atoms with E-state index in [1.165, 1.54) is 12.1 Å². The van der Waals surface area contributed by atoms with Crippen molar-refractivity contribution >= 4 is 21.7 Å². The van der Waals surface area contributed by atoms with Crippen LogP contribution < -0.4 is 10.0 Å². The van der Waals surface area contributed by atoms with Crippen molar-refractivity contribution in [2.24, 2.45) is 0 Å². The van der Waals surface area contributed by atoms with Crippen LogP contribution in [0.15, 0.2) is 41.4 Å². The van der Waals surface area contributed by atoms with Crippen LogP contribution in [0, 0.1) is 0 Å². The Bertz CT molecular complexity index is 825. The molecule has 0 radical (unpaired) electrons. The third-order valence-electron chi connectivity index (χ3n) is 3.20. The molecule has 1 heterocycles. The normalized spacial score (nSPS) is 11.9. The first-order valence-electron chi connectivity index (χ1n) is 7.68. The zero-order chi connectivity index (χ0) is 17.9. The molecule has 1 aromatic heterocycles. The van der Waals surface area contributed by atoms with Crippen molar-refractivity contribution in [2.75, 3.05) is 5.32 Å². The van der Waals surface area contributed by atoms with E-state index >= 15 is 0 Å². The van der Waals surface area contributed by atoms with Gasteiger partial charge in [0.25, 0.3) is 5.91 Å². The molecule has 24 heavy (non-hydrogen) atoms. The van der Waals surface area contributed by atoms with E-state index in [-0.39, 0.29) is 28.4 Å². The van der Waals surface area contributed by atoms with Crippen molar-refractivity contribution in [1.29, 1.82) is 0 Å². The van der Waals surface area contributed by atoms with E-state index in [9.17, 15) is 13.2 Å². The number of amides is 1. The summed E-state index contributed by atoms with van der Waals surface area (Å²) in [5, 5.41) is 6.90. The fourth-order valence-corrected chi connectivity index (χ4v) is 3.49. The highest BCUT2D eigenvalue weighted by Crippen LogP contribution is 2.16. The number of aromatic nitrogens is 2. The molecule has 2 rings (SSSR count). The van der Waals surface area contributed by atoms with Crippen LogP contribution in [-0.4, -0.2) is 30.1 Å². The lowest BCUT2D eigenvalue weighted by Crippen LogP contribution is -2.30. The van der Waals surface area contributed by atoms with Crippen LogP contribution in [0.1, 0.15) is 44.1 Å². The van der Waals surface area contributed by atoms with Crippen LogP contribution in [0.25, 0.3) is 0 Å². The second kappa shape index (κ2) is 7.14. The largest absolute Gasteiger partial charge is 0.307 e. The average Bonchev–Trinajstić information content (AvgIpc) is 2.94. The molecule has 0 saturated heterocycles. The van der Waals surface area contributed by atoms with Crippen molar-refractivity contribution in [3.63, 3.8) is 0 Å². The van der Waals surface area contributed by atoms with Gasteiger partial charge in [-0.2, -0.15) is 5.10 Å². The summed E-state index contributed by atoms with van der Waals surface area (Å²) in [6.45, 7) is 7.38. The predicted molar refractivity (Wildman–Crippen MR) is 92.5 cm³/mol. The zero-order valence-corrected chi connectivity index (χ0v) is 15.0. The van der Waals surface area contributed by atoms with E-state index in [1.54, 1.807) is 42.9 Å². The van der Waals surface area contributed by atoms with Crippen LogP contribution in [0.3, 0.4) is 0 Å². The number of carbonyl (C=O) groups is 1. The summed E-state index contributed by atoms with van der Waals surface area (Å²) in [7, 11) is -3.65. The van der Waals surface area contributed by atoms with E-state index in [0.29, 0.717) is 5.82 Å². The molecule has 7 nitrogen and oxygen atoms in total. The molecule has 130 valence electrons. The van der Waals surface area contributed by atoms with Gasteiger partial charge in [-0.15, -0.1) is 0 Å². The number of carbonyl (C=O) groups excluding carboxylic acids is 1. The van der Waals surface area contributed by atoms with E-state index in [0.717, 1.165) is 0 Å². The van der Waals surface area contributed by atoms with Gasteiger partial charge < -0.3 is 5.32 Å². The molecule has 0 bridgehead atoms. The fourth-order valence-electron chi connectivity index (χ4n) is 2.20. The minimum absolute atomic E-state index is 0.0567. The molecule has 0 aliphatic heterocycles. The Morgan fingerprint density at radius 1 is 1.17 bits per heavy atom. The quantitative estimate of drug-likeness (QED) is 0.836. The molecule has 0 aliphatic carbocycles. The molecule has 0 saturated carbocycles. The maximum absolute atomic E-state index is 12.4. The smallest absolute Gasteiger partial charge is 0.256 e. The Labute approximate surface area is 142 Å². The van der Waals surface area contributed by atoms with E-state index in [2.05, 4.69) is 15.1 Å². The van der Waals surface area contributed by atoms with Gasteiger partial charge in [0.2, 0.25) is 10.0 Å². The fraction of sp³-hybridized carbons (Fsp3) is 0.375. The predicted octanol–water partition coefficient (Wildman–Crippen LogP) is 2.40. The number of benzene rings is 1. The van der Waals surface area contributed by atoms with Gasteiger partial charge in [0.15, 0.2) is 0 Å². The van der Waals surface area contributed by atoms with Gasteiger partial charge in [-0.25, -0.2) is 17.8 Å². The summed E-state index contributed by atoms with van der Waals surface area (Å²) in [5.74, 6) is 0.169. The maximum Gasteiger partial charge on any atom is 0.256 e. The van der Waals surface area contributed by atoms with Gasteiger partial charge in [-0.05, 0) is 45.9 Å². The highest BCUT2D eigenvalue weighted by atomic mass is 32.2. The van der Waals surface area contributed by atoms with Crippen LogP contribution in [0.4, 0.5) is 5.82 Å². The van der Waals surface area contributed by atoms with Crippen molar-refractivity contribution in [3.8, 4) is 0 Å². The van der Waals surface area contributed by atoms with Gasteiger partial charge in [0.05, 0.1) is 11.1 Å². The molecule has 2 N–H and O–H groups in total. The standard InChI is InChI=1S/C16H22N4O3S/c1-11(2)19-24(22,23)14-7-5-6-13(10-14)16(21)18-15-8-9-17-20(15)12(3)4/h5-12,19H,1-4H3,(H,18,21). The number of nitrogens with one attached hydrogen (secondary N) is 2. The summed E-state index contributed by atoms with van der Waals surface area (Å²) < 4.78 is 28.6. The first-order valence-corrected chi connectivity index (χ1v) is 9.16. The van der Waals surface area contributed by atoms with Gasteiger partial charge in [0.1, 0.15) is 5.82 Å². The van der Waals surface area contributed by atoms with Crippen molar-refractivity contribution < 1.29 is 13.2 Å². The summed E-state index contributed by atoms with van der Waals surface area (Å²) in [6.07, 6.45) is 1.60. The zero-order valence-electron chi connectivity index (χ0n) is 14.1. The molecule has 1 aromatic carbocycles. The Hall–Kier alpha value is -2.19. The summed E-state index contributed by atoms with van der Waals surface area (Å²) in [5.41, 5.74) is 0.262. The SMILES string of the molecule is CC(C)NS(=O)(=O)c1cccc(C(=O)Nc2ccnn2C(C)C)c1. The Kier molecular flexibility index (Phi) is 5.40. The average molecular weight is 350 g/mol. The maximum atomic E-state index is 12.4. The second-order valence-electron chi connectivity index (χ2n) is 6.01. The highest BCUT2D eigenvalue weighted by molar-refractivity contribution is 7.89. The first kappa shape index (κ1) is 18.2. The van der Waals surface area contributed by atoms with E-state index in [4.69, 9.17) is 0 Å². The van der Waals surface area contributed by atoms with Crippen LogP contribution in [0.5, 0.6) is 0 Å². The number of sulfonamides is 1. The lowest BCUT2D eigenvalue weighted by Gasteiger charge is -2.13. The highest BCUT2D eigenvalue weighted by Gasteiger charge is 2.18. The summed E-state index contributed by atoms with van der Waals surface area (Å²) in [4.78, 5) is 12.5. The van der Waals surface area contributed by atoms with Gasteiger partial charge in [-0.1, -0.05) is 6.07 Å². The van der Waals surface area contributed by atoms with Crippen LogP contribution >= 0.6 is 0 Å². The van der Waals surface area contributed by atoms with E-state index < -0.39 is 10.0 Å². The van der Waals surface area contributed by atoms with Gasteiger partial charge >= 0.3 is 0 Å². The van der Waals surface area contributed by atoms with Gasteiger partial charge in [-0.3, -0.25) is 4.79 Å². The number of nitrogens with zero attached hydrogens (tertiary/aromatic N) is 2. The van der Waals surface area contributed by atoms with E-state index in [1.807, 2.05) is 13.8 Å². The molecule has 1 amide bonds. The lowest BCUT2D eigenvalue weighted by molar-refractivity contribution is 0.102. The van der Waals surface area contributed by atoms with Crippen LogP contribution in [-0.2, 0) is 10.0 Å². The Balaban J connectivity index is 2.25. The first-order chi connectivity index (χ1) is 11.2. The van der Waals surface area contributed by atoms with Crippen molar-refractivity contribution in [3.05, 3.63) is 42.1 Å². The minimum atomic E-state index is -3.65. The number of anilines is 1. The van der Waals surface area contributed by atoms with Gasteiger partial charge in [0, 0.05) is 23.7 Å². The summed E-state index contributed by atoms with van der Waals surface area (Å²) >= 11 is 0. The van der Waals surface area contributed by atoms with Crippen LogP contribution in [0.2, 0.25) is 0 Å². The molecular weight excluding hydrogens is 328 g/mol. The molecule has 0 unspecified atom stereocenters. The topological polar surface area (TPSA) is 93.1 Å². The lowest BCUT2D eigenvalue weighted by atomic mass is 10.2. The van der Waals surface area contributed by atoms with Crippen molar-refractivity contribution in [1.82, 2.24) is 14.5 Å². The third kappa shape index (κ3) is 4.21. The Morgan fingerprint density at radius 3 is 2.50 bits per heavy atom. The third-order valence-corrected chi connectivity index (χ3v) is 4.85. The molecule has 2 aromatic rings. The molecule has 0 aliphatic rings. The molecular formula is C16H22N4O3S. The molecule has 0 atom stereocenters. The molecule has 8 heteroatoms. The second-order valence-corrected chi connectivity index (χ2v) is 7.73. The van der Waals surface area contributed by atoms with Crippen molar-refractivity contribution in [2.45, 2.75) is 44.7 Å². The minimum Gasteiger partial charge on any atom is -0.307 e. The number of rotatable bonds is 6. The molecule has 0 spiro atoms. The molecule has 0 fully saturated rings. The number of hydrogen-bond acceptors (Lipinski definition) is 4. The number of hydrogen-bond donors (Lipinski definition) is 2. The Morgan fingerprint density at radius 2 is 1.88 bits per heavy atom. The monoisotopic (exact) mass is 350 g/mol.